The molecular formula is C19H26N4O3. The molecule has 26 heavy (non-hydrogen) atoms. The van der Waals surface area contributed by atoms with Gasteiger partial charge in [0.05, 0.1) is 17.9 Å². The molecule has 0 aromatic carbocycles. The Bertz CT molecular complexity index is 746. The van der Waals surface area contributed by atoms with E-state index in [1.165, 1.54) is 0 Å². The number of aliphatic hydroxyl groups is 1. The number of pyridine rings is 1. The highest BCUT2D eigenvalue weighted by Crippen LogP contribution is 2.27. The number of carbonyl (C=O) groups is 1. The van der Waals surface area contributed by atoms with Crippen molar-refractivity contribution in [1.29, 1.82) is 0 Å². The molecule has 1 amide bonds. The van der Waals surface area contributed by atoms with Crippen LogP contribution in [0.15, 0.2) is 30.6 Å². The maximum atomic E-state index is 12.7. The molecule has 7 nitrogen and oxygen atoms in total. The number of hydrogen-bond donors (Lipinski definition) is 1. The second-order valence-corrected chi connectivity index (χ2v) is 6.92. The highest BCUT2D eigenvalue weighted by molar-refractivity contribution is 5.76. The lowest BCUT2D eigenvalue weighted by Crippen LogP contribution is -2.54. The molecule has 7 heteroatoms. The molecule has 0 unspecified atom stereocenters. The monoisotopic (exact) mass is 358 g/mol. The van der Waals surface area contributed by atoms with E-state index < -0.39 is 6.10 Å². The minimum Gasteiger partial charge on any atom is -0.486 e. The molecule has 140 valence electrons. The average molecular weight is 358 g/mol. The van der Waals surface area contributed by atoms with Crippen LogP contribution < -0.4 is 4.74 Å². The summed E-state index contributed by atoms with van der Waals surface area (Å²) in [4.78, 5) is 18.4. The van der Waals surface area contributed by atoms with Gasteiger partial charge in [0.15, 0.2) is 0 Å². The lowest BCUT2D eigenvalue weighted by atomic mass is 9.89. The molecule has 1 aliphatic carbocycles. The van der Waals surface area contributed by atoms with Crippen LogP contribution in [-0.4, -0.2) is 56.0 Å². The minimum atomic E-state index is -0.738. The molecule has 1 saturated carbocycles. The zero-order valence-electron chi connectivity index (χ0n) is 15.5. The Balaban J connectivity index is 1.65. The lowest BCUT2D eigenvalue weighted by Gasteiger charge is -2.39. The molecule has 2 aromatic rings. The van der Waals surface area contributed by atoms with Crippen LogP contribution in [0.2, 0.25) is 0 Å². The summed E-state index contributed by atoms with van der Waals surface area (Å²) in [6.45, 7) is 4.01. The number of ether oxygens (including phenoxy) is 1. The third-order valence-corrected chi connectivity index (χ3v) is 4.96. The molecule has 1 N–H and O–H groups in total. The average Bonchev–Trinajstić information content (AvgIpc) is 2.94. The van der Waals surface area contributed by atoms with Crippen molar-refractivity contribution in [3.63, 3.8) is 0 Å². The van der Waals surface area contributed by atoms with E-state index >= 15 is 0 Å². The van der Waals surface area contributed by atoms with Gasteiger partial charge in [0.25, 0.3) is 0 Å². The molecule has 2 heterocycles. The van der Waals surface area contributed by atoms with Crippen molar-refractivity contribution in [2.45, 2.75) is 57.9 Å². The highest BCUT2D eigenvalue weighted by Gasteiger charge is 2.37. The second-order valence-electron chi connectivity index (χ2n) is 6.92. The standard InChI is InChI=1S/C19H26N4O3/c1-13-10-14(2)23(21-13)12-18(24)22(3)16-7-4-8-17(19(16)25)26-15-6-5-9-20-11-15/h5-6,9-11,16-17,19,25H,4,7-8,12H2,1-3H3/t16-,17-,19-/m1/s1. The van der Waals surface area contributed by atoms with E-state index in [1.807, 2.05) is 26.0 Å². The van der Waals surface area contributed by atoms with Crippen molar-refractivity contribution in [2.75, 3.05) is 7.05 Å². The van der Waals surface area contributed by atoms with Gasteiger partial charge in [-0.25, -0.2) is 0 Å². The topological polar surface area (TPSA) is 80.5 Å². The number of aromatic nitrogens is 3. The van der Waals surface area contributed by atoms with Crippen LogP contribution in [-0.2, 0) is 11.3 Å². The van der Waals surface area contributed by atoms with E-state index in [1.54, 1.807) is 35.1 Å². The van der Waals surface area contributed by atoms with Crippen molar-refractivity contribution in [3.8, 4) is 5.75 Å². The van der Waals surface area contributed by atoms with Crippen LogP contribution in [0.25, 0.3) is 0 Å². The summed E-state index contributed by atoms with van der Waals surface area (Å²) in [6.07, 6.45) is 4.64. The Kier molecular flexibility index (Phi) is 5.56. The van der Waals surface area contributed by atoms with Gasteiger partial charge in [-0.3, -0.25) is 14.5 Å². The second kappa shape index (κ2) is 7.86. The predicted octanol–water partition coefficient (Wildman–Crippen LogP) is 1.71. The van der Waals surface area contributed by atoms with Crippen molar-refractivity contribution in [2.24, 2.45) is 0 Å². The molecule has 2 aromatic heterocycles. The van der Waals surface area contributed by atoms with Gasteiger partial charge in [-0.15, -0.1) is 0 Å². The van der Waals surface area contributed by atoms with E-state index in [0.29, 0.717) is 5.75 Å². The zero-order chi connectivity index (χ0) is 18.7. The lowest BCUT2D eigenvalue weighted by molar-refractivity contribution is -0.139. The first kappa shape index (κ1) is 18.4. The van der Waals surface area contributed by atoms with E-state index in [9.17, 15) is 9.90 Å². The van der Waals surface area contributed by atoms with Gasteiger partial charge in [0.1, 0.15) is 24.5 Å². The normalized spacial score (nSPS) is 22.8. The zero-order valence-corrected chi connectivity index (χ0v) is 15.5. The van der Waals surface area contributed by atoms with E-state index in [-0.39, 0.29) is 24.6 Å². The number of likely N-dealkylation sites (N-methyl/N-ethyl adjacent to an activating group) is 1. The van der Waals surface area contributed by atoms with Gasteiger partial charge >= 0.3 is 0 Å². The first-order chi connectivity index (χ1) is 12.5. The predicted molar refractivity (Wildman–Crippen MR) is 96.8 cm³/mol. The molecular weight excluding hydrogens is 332 g/mol. The van der Waals surface area contributed by atoms with Gasteiger partial charge in [-0.05, 0) is 51.3 Å². The molecule has 1 aliphatic rings. The molecule has 1 fully saturated rings. The van der Waals surface area contributed by atoms with Gasteiger partial charge in [0, 0.05) is 18.9 Å². The van der Waals surface area contributed by atoms with Gasteiger partial charge in [-0.2, -0.15) is 5.10 Å². The molecule has 3 rings (SSSR count). The van der Waals surface area contributed by atoms with Crippen molar-refractivity contribution in [3.05, 3.63) is 42.0 Å². The van der Waals surface area contributed by atoms with E-state index in [0.717, 1.165) is 30.7 Å². The summed E-state index contributed by atoms with van der Waals surface area (Å²) >= 11 is 0. The van der Waals surface area contributed by atoms with Crippen LogP contribution in [0, 0.1) is 13.8 Å². The first-order valence-corrected chi connectivity index (χ1v) is 8.97. The SMILES string of the molecule is Cc1cc(C)n(CC(=O)N(C)[C@@H]2CCC[C@@H](Oc3cccnc3)[C@@H]2O)n1. The van der Waals surface area contributed by atoms with E-state index in [2.05, 4.69) is 10.1 Å². The highest BCUT2D eigenvalue weighted by atomic mass is 16.5. The summed E-state index contributed by atoms with van der Waals surface area (Å²) in [6, 6.07) is 5.29. The van der Waals surface area contributed by atoms with Gasteiger partial charge < -0.3 is 14.7 Å². The number of rotatable bonds is 5. The fourth-order valence-electron chi connectivity index (χ4n) is 3.52. The summed E-state index contributed by atoms with van der Waals surface area (Å²) in [5, 5.41) is 15.1. The third kappa shape index (κ3) is 4.04. The summed E-state index contributed by atoms with van der Waals surface area (Å²) in [7, 11) is 1.74. The van der Waals surface area contributed by atoms with Crippen LogP contribution in [0.5, 0.6) is 5.75 Å². The number of aliphatic hydroxyl groups excluding tert-OH is 1. The molecule has 3 atom stereocenters. The number of nitrogens with zero attached hydrogens (tertiary/aromatic N) is 4. The Morgan fingerprint density at radius 2 is 2.23 bits per heavy atom. The number of hydrogen-bond acceptors (Lipinski definition) is 5. The van der Waals surface area contributed by atoms with Crippen molar-refractivity contribution in [1.82, 2.24) is 19.7 Å². The number of amides is 1. The minimum absolute atomic E-state index is 0.0673. The van der Waals surface area contributed by atoms with E-state index in [4.69, 9.17) is 4.74 Å². The van der Waals surface area contributed by atoms with Crippen molar-refractivity contribution < 1.29 is 14.6 Å². The van der Waals surface area contributed by atoms with Gasteiger partial charge in [0.2, 0.25) is 5.91 Å². The van der Waals surface area contributed by atoms with Gasteiger partial charge in [-0.1, -0.05) is 0 Å². The summed E-state index contributed by atoms with van der Waals surface area (Å²) in [5.41, 5.74) is 1.84. The maximum absolute atomic E-state index is 12.7. The molecule has 0 bridgehead atoms. The molecule has 0 spiro atoms. The molecule has 0 aliphatic heterocycles. The Morgan fingerprint density at radius 3 is 2.88 bits per heavy atom. The van der Waals surface area contributed by atoms with Crippen LogP contribution in [0.1, 0.15) is 30.7 Å². The van der Waals surface area contributed by atoms with Crippen LogP contribution in [0.4, 0.5) is 0 Å². The molecule has 0 radical (unpaired) electrons. The summed E-state index contributed by atoms with van der Waals surface area (Å²) < 4.78 is 7.60. The number of carbonyl (C=O) groups excluding carboxylic acids is 1. The Hall–Kier alpha value is -2.41. The Morgan fingerprint density at radius 1 is 1.42 bits per heavy atom. The third-order valence-electron chi connectivity index (χ3n) is 4.96. The molecule has 0 saturated heterocycles. The first-order valence-electron chi connectivity index (χ1n) is 8.97. The fourth-order valence-corrected chi connectivity index (χ4v) is 3.52. The van der Waals surface area contributed by atoms with Crippen molar-refractivity contribution >= 4 is 5.91 Å². The summed E-state index contributed by atoms with van der Waals surface area (Å²) in [5.74, 6) is 0.566. The smallest absolute Gasteiger partial charge is 0.244 e. The number of aryl methyl sites for hydroxylation is 2. The van der Waals surface area contributed by atoms with Crippen LogP contribution in [0.3, 0.4) is 0 Å². The fraction of sp³-hybridized carbons (Fsp3) is 0.526. The maximum Gasteiger partial charge on any atom is 0.244 e. The van der Waals surface area contributed by atoms with Crippen LogP contribution >= 0.6 is 0 Å². The quantitative estimate of drug-likeness (QED) is 0.880. The largest absolute Gasteiger partial charge is 0.486 e. The Labute approximate surface area is 153 Å².